The van der Waals surface area contributed by atoms with E-state index in [-0.39, 0.29) is 140 Å². The van der Waals surface area contributed by atoms with E-state index in [0.717, 1.165) is 5.57 Å². The van der Waals surface area contributed by atoms with Gasteiger partial charge < -0.3 is 14.9 Å². The Labute approximate surface area is 277 Å². The summed E-state index contributed by atoms with van der Waals surface area (Å²) in [7, 11) is 0. The summed E-state index contributed by atoms with van der Waals surface area (Å²) in [5, 5.41) is 21.1. The second kappa shape index (κ2) is 11.0. The van der Waals surface area contributed by atoms with Crippen LogP contribution < -0.4 is 51.4 Å². The molecular formula is C26H40KO6S3+. The van der Waals surface area contributed by atoms with Gasteiger partial charge in [0.1, 0.15) is 11.4 Å². The fourth-order valence-electron chi connectivity index (χ4n) is 8.97. The molecule has 5 rings (SSSR count). The van der Waals surface area contributed by atoms with Crippen LogP contribution in [0, 0.1) is 28.1 Å². The SMILES string of the molecule is C=C[C@@]12[C@H](C(C)=O)CC3=CC(=O)CC[C@]3(C)C13O[C@@H]3C[C@@]1(C)[C@H]2CC[C@@]1(O)CCC(=O)O.S.S.S.[K+]. The van der Waals surface area contributed by atoms with Gasteiger partial charge in [-0.2, -0.15) is 40.5 Å². The largest absolute Gasteiger partial charge is 1.00 e. The molecule has 4 fully saturated rings. The van der Waals surface area contributed by atoms with Gasteiger partial charge in [0.25, 0.3) is 0 Å². The quantitative estimate of drug-likeness (QED) is 0.284. The fraction of sp³-hybridized carbons (Fsp3) is 0.731. The molecule has 0 bridgehead atoms. The van der Waals surface area contributed by atoms with Crippen LogP contribution in [0.4, 0.5) is 0 Å². The van der Waals surface area contributed by atoms with Gasteiger partial charge in [-0.3, -0.25) is 14.4 Å². The Balaban J connectivity index is 0.00000162. The molecule has 8 atom stereocenters. The molecule has 2 N–H and O–H groups in total. The molecule has 0 amide bonds. The number of aliphatic hydroxyl groups is 1. The van der Waals surface area contributed by atoms with Crippen molar-refractivity contribution in [1.29, 1.82) is 0 Å². The third-order valence-electron chi connectivity index (χ3n) is 10.5. The number of carbonyl (C=O) groups is 3. The van der Waals surface area contributed by atoms with Crippen molar-refractivity contribution < 1.29 is 80.7 Å². The van der Waals surface area contributed by atoms with E-state index < -0.39 is 28.0 Å². The smallest absolute Gasteiger partial charge is 0.481 e. The number of epoxide rings is 1. The first-order chi connectivity index (χ1) is 14.9. The molecule has 10 heteroatoms. The molecule has 4 aliphatic carbocycles. The van der Waals surface area contributed by atoms with Crippen molar-refractivity contribution in [2.24, 2.45) is 28.1 Å². The van der Waals surface area contributed by atoms with E-state index in [9.17, 15) is 24.6 Å². The molecule has 3 saturated carbocycles. The monoisotopic (exact) mass is 583 g/mol. The normalized spacial score (nSPS) is 45.3. The summed E-state index contributed by atoms with van der Waals surface area (Å²) in [4.78, 5) is 36.8. The predicted molar refractivity (Wildman–Crippen MR) is 148 cm³/mol. The Morgan fingerprint density at radius 3 is 2.42 bits per heavy atom. The average Bonchev–Trinajstić information content (AvgIpc) is 3.39. The molecule has 0 aromatic heterocycles. The minimum absolute atomic E-state index is 0. The van der Waals surface area contributed by atoms with Gasteiger partial charge in [0.05, 0.1) is 11.7 Å². The zero-order chi connectivity index (χ0) is 23.3. The van der Waals surface area contributed by atoms with Crippen molar-refractivity contribution in [2.75, 3.05) is 0 Å². The van der Waals surface area contributed by atoms with Gasteiger partial charge in [-0.15, -0.1) is 6.58 Å². The summed E-state index contributed by atoms with van der Waals surface area (Å²) in [5.41, 5.74) is -2.28. The summed E-state index contributed by atoms with van der Waals surface area (Å²) >= 11 is 0. The molecule has 1 aliphatic heterocycles. The Hall–Kier alpha value is 0.896. The molecule has 36 heavy (non-hydrogen) atoms. The molecule has 0 radical (unpaired) electrons. The first-order valence-corrected chi connectivity index (χ1v) is 11.9. The molecule has 198 valence electrons. The number of Topliss-reactive ketones (excluding diaryl/α,β-unsaturated/α-hetero) is 1. The molecule has 0 aromatic rings. The van der Waals surface area contributed by atoms with Gasteiger partial charge >= 0.3 is 57.4 Å². The molecule has 0 aromatic carbocycles. The van der Waals surface area contributed by atoms with E-state index in [1.54, 1.807) is 13.0 Å². The van der Waals surface area contributed by atoms with Crippen LogP contribution in [0.25, 0.3) is 0 Å². The minimum Gasteiger partial charge on any atom is -0.481 e. The van der Waals surface area contributed by atoms with Crippen LogP contribution in [0.2, 0.25) is 0 Å². The zero-order valence-corrected chi connectivity index (χ0v) is 27.9. The van der Waals surface area contributed by atoms with E-state index >= 15 is 0 Å². The number of ketones is 2. The maximum Gasteiger partial charge on any atom is 1.00 e. The fourth-order valence-corrected chi connectivity index (χ4v) is 8.97. The van der Waals surface area contributed by atoms with Crippen molar-refractivity contribution in [2.45, 2.75) is 89.4 Å². The average molecular weight is 584 g/mol. The number of carboxylic acids is 1. The van der Waals surface area contributed by atoms with E-state index in [0.29, 0.717) is 38.5 Å². The summed E-state index contributed by atoms with van der Waals surface area (Å²) in [6, 6.07) is 0. The first-order valence-electron chi connectivity index (χ1n) is 11.9. The predicted octanol–water partition coefficient (Wildman–Crippen LogP) is 0.959. The van der Waals surface area contributed by atoms with E-state index in [4.69, 9.17) is 4.74 Å². The third kappa shape index (κ3) is 4.10. The van der Waals surface area contributed by atoms with E-state index in [1.807, 2.05) is 6.08 Å². The summed E-state index contributed by atoms with van der Waals surface area (Å²) in [6.07, 6.45) is 7.20. The van der Waals surface area contributed by atoms with Gasteiger partial charge in [0, 0.05) is 35.0 Å². The number of aliphatic carboxylic acids is 1. The second-order valence-corrected chi connectivity index (χ2v) is 11.5. The van der Waals surface area contributed by atoms with Crippen LogP contribution in [-0.2, 0) is 19.1 Å². The number of carbonyl (C=O) groups excluding carboxylic acids is 2. The van der Waals surface area contributed by atoms with Gasteiger partial charge in [-0.05, 0) is 57.4 Å². The number of carboxylic acid groups (broad SMARTS) is 1. The summed E-state index contributed by atoms with van der Waals surface area (Å²) in [5.74, 6) is -1.16. The minimum atomic E-state index is -1.12. The topological polar surface area (TPSA) is 104 Å². The van der Waals surface area contributed by atoms with E-state index in [2.05, 4.69) is 20.4 Å². The molecule has 1 saturated heterocycles. The van der Waals surface area contributed by atoms with Gasteiger partial charge in [0.15, 0.2) is 5.78 Å². The van der Waals surface area contributed by atoms with Gasteiger partial charge in [-0.25, -0.2) is 0 Å². The van der Waals surface area contributed by atoms with Crippen LogP contribution in [0.15, 0.2) is 24.3 Å². The van der Waals surface area contributed by atoms with Crippen molar-refractivity contribution in [1.82, 2.24) is 0 Å². The first kappa shape index (κ1) is 34.9. The van der Waals surface area contributed by atoms with Crippen LogP contribution in [0.3, 0.4) is 0 Å². The number of fused-ring (bicyclic) bond motifs is 3. The van der Waals surface area contributed by atoms with Crippen LogP contribution >= 0.6 is 40.5 Å². The van der Waals surface area contributed by atoms with Gasteiger partial charge in [-0.1, -0.05) is 25.5 Å². The molecule has 1 spiro atoms. The van der Waals surface area contributed by atoms with Crippen LogP contribution in [-0.4, -0.2) is 45.1 Å². The maximum absolute atomic E-state index is 13.2. The Kier molecular flexibility index (Phi) is 10.7. The number of hydrogen-bond acceptors (Lipinski definition) is 5. The van der Waals surface area contributed by atoms with E-state index in [1.165, 1.54) is 0 Å². The summed E-state index contributed by atoms with van der Waals surface area (Å²) < 4.78 is 6.67. The molecule has 6 nitrogen and oxygen atoms in total. The molecule has 1 unspecified atom stereocenters. The standard InChI is InChI=1S/C26H34O6.K.3H2S/c1-5-25-18(15(2)27)13-16-12-17(28)6-9-22(16,3)26(25)20(32-26)14-23(4)19(25)7-10-24(23,31)11-8-21(29)30;;;;/h5,12,18-20,31H,1,6-11,13-14H2,2-4H3,(H,29,30);;3*1H2/q;+1;;;/t18-,19+,20+,22-,23-,24+,25-,26?;;;;/m0..../s1. The molecular weight excluding hydrogens is 544 g/mol. The maximum atomic E-state index is 13.2. The molecule has 1 heterocycles. The second-order valence-electron chi connectivity index (χ2n) is 11.5. The van der Waals surface area contributed by atoms with Crippen molar-refractivity contribution in [3.63, 3.8) is 0 Å². The summed E-state index contributed by atoms with van der Waals surface area (Å²) in [6.45, 7) is 10.1. The van der Waals surface area contributed by atoms with Crippen molar-refractivity contribution >= 4 is 58.0 Å². The Morgan fingerprint density at radius 2 is 1.86 bits per heavy atom. The zero-order valence-electron chi connectivity index (χ0n) is 21.8. The Morgan fingerprint density at radius 1 is 1.22 bits per heavy atom. The van der Waals surface area contributed by atoms with Crippen molar-refractivity contribution in [3.8, 4) is 0 Å². The number of ether oxygens (including phenoxy) is 1. The number of rotatable bonds is 5. The number of hydrogen-bond donors (Lipinski definition) is 2. The van der Waals surface area contributed by atoms with Crippen molar-refractivity contribution in [3.05, 3.63) is 24.3 Å². The third-order valence-corrected chi connectivity index (χ3v) is 10.5. The van der Waals surface area contributed by atoms with Crippen LogP contribution in [0.1, 0.15) is 72.1 Å². The van der Waals surface area contributed by atoms with Gasteiger partial charge in [0.2, 0.25) is 0 Å². The van der Waals surface area contributed by atoms with Crippen LogP contribution in [0.5, 0.6) is 0 Å². The Bertz CT molecular complexity index is 989. The molecule has 5 aliphatic rings.